The van der Waals surface area contributed by atoms with Crippen LogP contribution in [0.1, 0.15) is 53.9 Å². The summed E-state index contributed by atoms with van der Waals surface area (Å²) in [6, 6.07) is -0.0599. The molecule has 1 heterocycles. The zero-order valence-corrected chi connectivity index (χ0v) is 18.2. The Kier molecular flexibility index (Phi) is 6.21. The number of aliphatic hydroxyl groups is 2. The fourth-order valence-corrected chi connectivity index (χ4v) is 5.53. The number of rotatable bonds is 2. The molecule has 5 heteroatoms. The molecule has 5 nitrogen and oxygen atoms in total. The van der Waals surface area contributed by atoms with E-state index in [9.17, 15) is 19.8 Å². The highest BCUT2D eigenvalue weighted by atomic mass is 16.3. The highest BCUT2D eigenvalue weighted by molar-refractivity contribution is 6.13. The third kappa shape index (κ3) is 3.75. The van der Waals surface area contributed by atoms with Crippen LogP contribution in [-0.4, -0.2) is 40.2 Å². The third-order valence-electron chi connectivity index (χ3n) is 7.15. The molecule has 3 aliphatic rings. The van der Waals surface area contributed by atoms with Gasteiger partial charge in [-0.25, -0.2) is 0 Å². The molecule has 1 saturated heterocycles. The van der Waals surface area contributed by atoms with Crippen molar-refractivity contribution >= 4 is 11.7 Å². The lowest BCUT2D eigenvalue weighted by molar-refractivity contribution is -0.142. The molecule has 7 atom stereocenters. The van der Waals surface area contributed by atoms with Gasteiger partial charge in [-0.2, -0.15) is 0 Å². The second kappa shape index (κ2) is 8.19. The summed E-state index contributed by atoms with van der Waals surface area (Å²) in [7, 11) is 0. The summed E-state index contributed by atoms with van der Waals surface area (Å²) in [6.45, 7) is 10.4. The van der Waals surface area contributed by atoms with Crippen LogP contribution in [0.3, 0.4) is 0 Å². The second-order valence-corrected chi connectivity index (χ2v) is 9.66. The van der Waals surface area contributed by atoms with Crippen molar-refractivity contribution < 1.29 is 19.8 Å². The average molecular weight is 402 g/mol. The number of carbonyl (C=O) groups excluding carboxylic acids is 2. The van der Waals surface area contributed by atoms with Crippen molar-refractivity contribution in [2.75, 3.05) is 0 Å². The fraction of sp³-hybridized carbons (Fsp3) is 0.667. The lowest BCUT2D eigenvalue weighted by Gasteiger charge is -2.44. The van der Waals surface area contributed by atoms with Gasteiger partial charge in [-0.1, -0.05) is 50.1 Å². The monoisotopic (exact) mass is 401 g/mol. The molecule has 29 heavy (non-hydrogen) atoms. The van der Waals surface area contributed by atoms with Crippen molar-refractivity contribution in [2.24, 2.45) is 29.1 Å². The second-order valence-electron chi connectivity index (χ2n) is 9.66. The van der Waals surface area contributed by atoms with Crippen LogP contribution in [0.5, 0.6) is 0 Å². The lowest BCUT2D eigenvalue weighted by atomic mass is 9.55. The summed E-state index contributed by atoms with van der Waals surface area (Å²) in [4.78, 5) is 27.1. The molecule has 1 spiro atoms. The Morgan fingerprint density at radius 2 is 1.90 bits per heavy atom. The molecule has 0 aromatic carbocycles. The molecular weight excluding hydrogens is 366 g/mol. The first-order valence-electron chi connectivity index (χ1n) is 10.8. The molecule has 0 unspecified atom stereocenters. The van der Waals surface area contributed by atoms with Gasteiger partial charge in [0.05, 0.1) is 12.2 Å². The molecule has 2 aliphatic carbocycles. The Labute approximate surface area is 174 Å². The van der Waals surface area contributed by atoms with Crippen molar-refractivity contribution in [3.63, 3.8) is 0 Å². The van der Waals surface area contributed by atoms with Crippen LogP contribution in [0.4, 0.5) is 0 Å². The van der Waals surface area contributed by atoms with Crippen LogP contribution in [0.15, 0.2) is 35.5 Å². The molecule has 0 radical (unpaired) electrons. The van der Waals surface area contributed by atoms with Crippen LogP contribution in [0, 0.1) is 29.1 Å². The van der Waals surface area contributed by atoms with Crippen molar-refractivity contribution in [1.82, 2.24) is 5.32 Å². The molecule has 0 saturated carbocycles. The fourth-order valence-electron chi connectivity index (χ4n) is 5.53. The Morgan fingerprint density at radius 1 is 1.21 bits per heavy atom. The van der Waals surface area contributed by atoms with E-state index in [1.165, 1.54) is 17.7 Å². The quantitative estimate of drug-likeness (QED) is 0.490. The Bertz CT molecular complexity index is 765. The number of hydrogen-bond donors (Lipinski definition) is 3. The summed E-state index contributed by atoms with van der Waals surface area (Å²) in [5, 5.41) is 23.6. The van der Waals surface area contributed by atoms with Gasteiger partial charge < -0.3 is 15.5 Å². The van der Waals surface area contributed by atoms with Gasteiger partial charge in [-0.05, 0) is 51.0 Å². The van der Waals surface area contributed by atoms with E-state index in [0.29, 0.717) is 18.8 Å². The van der Waals surface area contributed by atoms with Crippen LogP contribution in [0.2, 0.25) is 0 Å². The predicted molar refractivity (Wildman–Crippen MR) is 113 cm³/mol. The van der Waals surface area contributed by atoms with Crippen molar-refractivity contribution in [3.8, 4) is 0 Å². The molecule has 0 bridgehead atoms. The van der Waals surface area contributed by atoms with E-state index in [4.69, 9.17) is 0 Å². The number of allylic oxidation sites excluding steroid dienone is 5. The van der Waals surface area contributed by atoms with E-state index in [-0.39, 0.29) is 35.5 Å². The van der Waals surface area contributed by atoms with Gasteiger partial charge in [0.25, 0.3) is 0 Å². The van der Waals surface area contributed by atoms with Gasteiger partial charge in [0.2, 0.25) is 5.91 Å². The molecule has 3 N–H and O–H groups in total. The minimum atomic E-state index is -1.20. The molecule has 0 aromatic rings. The number of carbonyl (C=O) groups is 2. The summed E-state index contributed by atoms with van der Waals surface area (Å²) in [5.41, 5.74) is 1.02. The maximum absolute atomic E-state index is 13.6. The van der Waals surface area contributed by atoms with Gasteiger partial charge in [-0.15, -0.1) is 0 Å². The minimum absolute atomic E-state index is 0.0599. The summed E-state index contributed by atoms with van der Waals surface area (Å²) >= 11 is 0. The molecule has 1 aliphatic heterocycles. The number of nitrogens with one attached hydrogen (secondary N) is 1. The number of aliphatic hydroxyl groups excluding tert-OH is 2. The largest absolute Gasteiger partial charge is 0.390 e. The predicted octanol–water partition coefficient (Wildman–Crippen LogP) is 2.93. The Hall–Kier alpha value is -1.72. The van der Waals surface area contributed by atoms with Crippen LogP contribution < -0.4 is 5.32 Å². The smallest absolute Gasteiger partial charge is 0.235 e. The van der Waals surface area contributed by atoms with E-state index in [1.54, 1.807) is 0 Å². The van der Waals surface area contributed by atoms with E-state index < -0.39 is 17.6 Å². The molecule has 1 amide bonds. The normalized spacial score (nSPS) is 43.4. The van der Waals surface area contributed by atoms with E-state index in [2.05, 4.69) is 39.1 Å². The summed E-state index contributed by atoms with van der Waals surface area (Å²) < 4.78 is 0. The van der Waals surface area contributed by atoms with Crippen LogP contribution >= 0.6 is 0 Å². The van der Waals surface area contributed by atoms with Gasteiger partial charge in [-0.3, -0.25) is 9.59 Å². The standard InChI is InChI=1S/C24H35NO4/c1-13(2)10-18-22-16(5)15(4)12-17-11-14(3)6-7-19(26)20(27)8-9-21(28)24(17,22)23(29)25-18/h8-9,11-13,16-20,22,26-27H,6-7,10H2,1-5H3,(H,25,29)/b9-8+,14-11+/t16-,17+,18+,19+,20-,22-,24-/m1/s1. The Balaban J connectivity index is 2.20. The summed E-state index contributed by atoms with van der Waals surface area (Å²) in [6.07, 6.45) is 6.60. The number of amides is 1. The van der Waals surface area contributed by atoms with Crippen molar-refractivity contribution in [1.29, 1.82) is 0 Å². The van der Waals surface area contributed by atoms with E-state index in [0.717, 1.165) is 12.0 Å². The molecule has 1 fully saturated rings. The van der Waals surface area contributed by atoms with Gasteiger partial charge in [0.1, 0.15) is 5.41 Å². The highest BCUT2D eigenvalue weighted by Gasteiger charge is 2.64. The minimum Gasteiger partial charge on any atom is -0.390 e. The van der Waals surface area contributed by atoms with Gasteiger partial charge in [0, 0.05) is 17.9 Å². The lowest BCUT2D eigenvalue weighted by Crippen LogP contribution is -2.51. The van der Waals surface area contributed by atoms with Crippen molar-refractivity contribution in [2.45, 2.75) is 72.1 Å². The topological polar surface area (TPSA) is 86.6 Å². The first kappa shape index (κ1) is 22.0. The van der Waals surface area contributed by atoms with Gasteiger partial charge in [0.15, 0.2) is 5.78 Å². The number of ketones is 1. The van der Waals surface area contributed by atoms with Crippen LogP contribution in [-0.2, 0) is 9.59 Å². The zero-order chi connectivity index (χ0) is 21.5. The number of hydrogen-bond acceptors (Lipinski definition) is 4. The third-order valence-corrected chi connectivity index (χ3v) is 7.15. The Morgan fingerprint density at radius 3 is 2.55 bits per heavy atom. The maximum atomic E-state index is 13.6. The average Bonchev–Trinajstić information content (AvgIpc) is 2.93. The van der Waals surface area contributed by atoms with Crippen LogP contribution in [0.25, 0.3) is 0 Å². The van der Waals surface area contributed by atoms with Crippen molar-refractivity contribution in [3.05, 3.63) is 35.5 Å². The first-order valence-corrected chi connectivity index (χ1v) is 10.8. The van der Waals surface area contributed by atoms with E-state index >= 15 is 0 Å². The molecule has 3 rings (SSSR count). The maximum Gasteiger partial charge on any atom is 0.235 e. The highest BCUT2D eigenvalue weighted by Crippen LogP contribution is 2.55. The zero-order valence-electron chi connectivity index (χ0n) is 18.2. The summed E-state index contributed by atoms with van der Waals surface area (Å²) in [5.74, 6) is -0.455. The molecule has 0 aromatic heterocycles. The SMILES string of the molecule is CC1=C[C@@H]2/C=C(\C)CC[C@H](O)[C@H](O)/C=C/C(=O)[C@]23C(=O)N[C@@H](CC(C)C)[C@H]3[C@@H]1C. The first-order chi connectivity index (χ1) is 13.6. The molecule has 160 valence electrons. The molecular formula is C24H35NO4. The van der Waals surface area contributed by atoms with Gasteiger partial charge >= 0.3 is 0 Å². The van der Waals surface area contributed by atoms with E-state index in [1.807, 2.05) is 13.0 Å².